The molecule has 1 heterocycles. The van der Waals surface area contributed by atoms with Crippen molar-refractivity contribution in [1.29, 1.82) is 0 Å². The van der Waals surface area contributed by atoms with Gasteiger partial charge in [-0.05, 0) is 11.6 Å². The van der Waals surface area contributed by atoms with Crippen LogP contribution < -0.4 is 11.5 Å². The lowest BCUT2D eigenvalue weighted by Crippen LogP contribution is -2.05. The van der Waals surface area contributed by atoms with Gasteiger partial charge in [0, 0.05) is 5.75 Å². The summed E-state index contributed by atoms with van der Waals surface area (Å²) >= 11 is 1.13. The molecule has 0 unspecified atom stereocenters. The third-order valence-corrected chi connectivity index (χ3v) is 3.19. The van der Waals surface area contributed by atoms with Gasteiger partial charge in [-0.15, -0.1) is 0 Å². The predicted molar refractivity (Wildman–Crippen MR) is 69.7 cm³/mol. The van der Waals surface area contributed by atoms with Crippen LogP contribution in [-0.2, 0) is 11.9 Å². The Morgan fingerprint density at radius 1 is 1.05 bits per heavy atom. The van der Waals surface area contributed by atoms with Crippen LogP contribution in [0.1, 0.15) is 11.1 Å². The van der Waals surface area contributed by atoms with E-state index < -0.39 is 11.7 Å². The molecule has 2 aromatic rings. The predicted octanol–water partition coefficient (Wildman–Crippen LogP) is 2.35. The van der Waals surface area contributed by atoms with E-state index in [0.717, 1.165) is 23.9 Å². The molecule has 0 radical (unpaired) electrons. The van der Waals surface area contributed by atoms with Crippen molar-refractivity contribution in [2.24, 2.45) is 0 Å². The van der Waals surface area contributed by atoms with Gasteiger partial charge in [-0.2, -0.15) is 28.1 Å². The Morgan fingerprint density at radius 2 is 1.70 bits per heavy atom. The molecule has 0 saturated heterocycles. The molecule has 106 valence electrons. The van der Waals surface area contributed by atoms with Crippen molar-refractivity contribution in [3.8, 4) is 0 Å². The summed E-state index contributed by atoms with van der Waals surface area (Å²) in [7, 11) is 0. The monoisotopic (exact) mass is 301 g/mol. The minimum atomic E-state index is -4.36. The van der Waals surface area contributed by atoms with Crippen molar-refractivity contribution in [1.82, 2.24) is 15.0 Å². The summed E-state index contributed by atoms with van der Waals surface area (Å²) in [5.74, 6) is 0.223. The normalized spacial score (nSPS) is 11.6. The molecule has 1 aromatic carbocycles. The standard InChI is InChI=1S/C11H10F3N5S/c12-11(13,14)7-3-1-2-6(4-7)5-20-10-18-8(15)17-9(16)19-10/h1-4H,5H2,(H4,15,16,17,18,19). The summed E-state index contributed by atoms with van der Waals surface area (Å²) in [6, 6.07) is 5.05. The zero-order valence-electron chi connectivity index (χ0n) is 10.1. The second-order valence-corrected chi connectivity index (χ2v) is 4.76. The lowest BCUT2D eigenvalue weighted by molar-refractivity contribution is -0.137. The largest absolute Gasteiger partial charge is 0.416 e. The van der Waals surface area contributed by atoms with Gasteiger partial charge >= 0.3 is 6.18 Å². The summed E-state index contributed by atoms with van der Waals surface area (Å²) in [6.45, 7) is 0. The molecule has 9 heteroatoms. The SMILES string of the molecule is Nc1nc(N)nc(SCc2cccc(C(F)(F)F)c2)n1. The number of rotatable bonds is 3. The Labute approximate surface area is 116 Å². The van der Waals surface area contributed by atoms with Crippen LogP contribution in [0.15, 0.2) is 29.4 Å². The molecular weight excluding hydrogens is 291 g/mol. The van der Waals surface area contributed by atoms with Gasteiger partial charge < -0.3 is 11.5 Å². The number of benzene rings is 1. The number of thioether (sulfide) groups is 1. The lowest BCUT2D eigenvalue weighted by Gasteiger charge is -2.08. The van der Waals surface area contributed by atoms with E-state index in [9.17, 15) is 13.2 Å². The molecule has 0 aliphatic rings. The molecule has 1 aromatic heterocycles. The Kier molecular flexibility index (Phi) is 3.98. The first kappa shape index (κ1) is 14.4. The minimum Gasteiger partial charge on any atom is -0.368 e. The zero-order chi connectivity index (χ0) is 14.8. The van der Waals surface area contributed by atoms with E-state index in [1.54, 1.807) is 6.07 Å². The third-order valence-electron chi connectivity index (χ3n) is 2.27. The van der Waals surface area contributed by atoms with Crippen molar-refractivity contribution in [2.75, 3.05) is 11.5 Å². The van der Waals surface area contributed by atoms with Gasteiger partial charge in [0.25, 0.3) is 0 Å². The van der Waals surface area contributed by atoms with Gasteiger partial charge in [-0.1, -0.05) is 30.0 Å². The number of nitrogen functional groups attached to an aromatic ring is 2. The Bertz CT molecular complexity index is 597. The Hall–Kier alpha value is -2.03. The molecule has 0 bridgehead atoms. The number of nitrogens with two attached hydrogens (primary N) is 2. The number of aromatic nitrogens is 3. The van der Waals surface area contributed by atoms with Crippen molar-refractivity contribution in [2.45, 2.75) is 17.1 Å². The zero-order valence-corrected chi connectivity index (χ0v) is 10.9. The second-order valence-electron chi connectivity index (χ2n) is 3.82. The maximum absolute atomic E-state index is 12.6. The average molecular weight is 301 g/mol. The van der Waals surface area contributed by atoms with E-state index in [1.807, 2.05) is 0 Å². The minimum absolute atomic E-state index is 0.0240. The Balaban J connectivity index is 2.11. The molecule has 0 atom stereocenters. The quantitative estimate of drug-likeness (QED) is 0.846. The number of anilines is 2. The maximum atomic E-state index is 12.6. The molecule has 4 N–H and O–H groups in total. The molecule has 0 aliphatic carbocycles. The van der Waals surface area contributed by atoms with Gasteiger partial charge in [-0.3, -0.25) is 0 Å². The molecule has 0 saturated carbocycles. The van der Waals surface area contributed by atoms with Gasteiger partial charge in [-0.25, -0.2) is 0 Å². The second kappa shape index (κ2) is 5.53. The summed E-state index contributed by atoms with van der Waals surface area (Å²) in [5.41, 5.74) is 10.6. The number of alkyl halides is 3. The summed E-state index contributed by atoms with van der Waals surface area (Å²) in [6.07, 6.45) is -4.36. The van der Waals surface area contributed by atoms with E-state index in [-0.39, 0.29) is 22.8 Å². The van der Waals surface area contributed by atoms with E-state index in [0.29, 0.717) is 5.56 Å². The van der Waals surface area contributed by atoms with Crippen molar-refractivity contribution in [3.63, 3.8) is 0 Å². The molecule has 0 amide bonds. The van der Waals surface area contributed by atoms with E-state index in [4.69, 9.17) is 11.5 Å². The molecule has 0 spiro atoms. The first-order chi connectivity index (χ1) is 9.34. The number of hydrogen-bond acceptors (Lipinski definition) is 6. The number of halogens is 3. The van der Waals surface area contributed by atoms with Crippen LogP contribution in [0, 0.1) is 0 Å². The topological polar surface area (TPSA) is 90.7 Å². The molecule has 20 heavy (non-hydrogen) atoms. The molecule has 2 rings (SSSR count). The fraction of sp³-hybridized carbons (Fsp3) is 0.182. The first-order valence-corrected chi connectivity index (χ1v) is 6.39. The van der Waals surface area contributed by atoms with Crippen LogP contribution in [0.25, 0.3) is 0 Å². The fourth-order valence-electron chi connectivity index (χ4n) is 1.44. The van der Waals surface area contributed by atoms with Crippen LogP contribution >= 0.6 is 11.8 Å². The molecule has 0 aliphatic heterocycles. The van der Waals surface area contributed by atoms with Crippen LogP contribution in [0.2, 0.25) is 0 Å². The molecular formula is C11H10F3N5S. The number of nitrogens with zero attached hydrogens (tertiary/aromatic N) is 3. The van der Waals surface area contributed by atoms with Crippen LogP contribution in [0.4, 0.5) is 25.1 Å². The lowest BCUT2D eigenvalue weighted by atomic mass is 10.1. The van der Waals surface area contributed by atoms with Crippen LogP contribution in [-0.4, -0.2) is 15.0 Å². The van der Waals surface area contributed by atoms with Gasteiger partial charge in [0.1, 0.15) is 0 Å². The van der Waals surface area contributed by atoms with Gasteiger partial charge in [0.05, 0.1) is 5.56 Å². The highest BCUT2D eigenvalue weighted by molar-refractivity contribution is 7.98. The highest BCUT2D eigenvalue weighted by Gasteiger charge is 2.30. The van der Waals surface area contributed by atoms with Crippen molar-refractivity contribution >= 4 is 23.7 Å². The summed E-state index contributed by atoms with van der Waals surface area (Å²) in [4.78, 5) is 11.3. The maximum Gasteiger partial charge on any atom is 0.416 e. The van der Waals surface area contributed by atoms with Crippen LogP contribution in [0.5, 0.6) is 0 Å². The van der Waals surface area contributed by atoms with E-state index in [1.165, 1.54) is 6.07 Å². The highest BCUT2D eigenvalue weighted by atomic mass is 32.2. The van der Waals surface area contributed by atoms with Crippen LogP contribution in [0.3, 0.4) is 0 Å². The Morgan fingerprint density at radius 3 is 2.30 bits per heavy atom. The van der Waals surface area contributed by atoms with Gasteiger partial charge in [0.2, 0.25) is 11.9 Å². The third kappa shape index (κ3) is 3.73. The smallest absolute Gasteiger partial charge is 0.368 e. The highest BCUT2D eigenvalue weighted by Crippen LogP contribution is 2.30. The van der Waals surface area contributed by atoms with E-state index in [2.05, 4.69) is 15.0 Å². The van der Waals surface area contributed by atoms with E-state index >= 15 is 0 Å². The first-order valence-electron chi connectivity index (χ1n) is 5.40. The number of hydrogen-bond donors (Lipinski definition) is 2. The van der Waals surface area contributed by atoms with Crippen molar-refractivity contribution in [3.05, 3.63) is 35.4 Å². The molecule has 0 fully saturated rings. The fourth-order valence-corrected chi connectivity index (χ4v) is 2.23. The van der Waals surface area contributed by atoms with Crippen molar-refractivity contribution < 1.29 is 13.2 Å². The van der Waals surface area contributed by atoms with Gasteiger partial charge in [0.15, 0.2) is 5.16 Å². The molecule has 5 nitrogen and oxygen atoms in total. The summed E-state index contributed by atoms with van der Waals surface area (Å²) < 4.78 is 37.7. The summed E-state index contributed by atoms with van der Waals surface area (Å²) in [5, 5.41) is 0.271. The average Bonchev–Trinajstić information content (AvgIpc) is 2.35.